The predicted molar refractivity (Wildman–Crippen MR) is 55.1 cm³/mol. The van der Waals surface area contributed by atoms with Crippen LogP contribution in [0.15, 0.2) is 0 Å². The highest BCUT2D eigenvalue weighted by atomic mass is 16.5. The van der Waals surface area contributed by atoms with Crippen LogP contribution < -0.4 is 0 Å². The van der Waals surface area contributed by atoms with Crippen LogP contribution in [0.4, 0.5) is 0 Å². The average Bonchev–Trinajstić information content (AvgIpc) is 2.26. The van der Waals surface area contributed by atoms with E-state index in [-0.39, 0.29) is 12.7 Å². The van der Waals surface area contributed by atoms with Crippen molar-refractivity contribution in [3.05, 3.63) is 0 Å². The Bertz CT molecular complexity index is 143. The molecule has 2 unspecified atom stereocenters. The van der Waals surface area contributed by atoms with Gasteiger partial charge in [-0.15, -0.1) is 0 Å². The van der Waals surface area contributed by atoms with E-state index in [0.29, 0.717) is 6.10 Å². The summed E-state index contributed by atoms with van der Waals surface area (Å²) in [5, 5.41) is 18.3. The summed E-state index contributed by atoms with van der Waals surface area (Å²) < 4.78 is 5.78. The fourth-order valence-electron chi connectivity index (χ4n) is 2.02. The van der Waals surface area contributed by atoms with Gasteiger partial charge in [-0.05, 0) is 19.3 Å². The van der Waals surface area contributed by atoms with E-state index >= 15 is 0 Å². The molecule has 1 fully saturated rings. The molecule has 0 aliphatic heterocycles. The first-order valence-corrected chi connectivity index (χ1v) is 5.72. The van der Waals surface area contributed by atoms with E-state index in [1.165, 1.54) is 19.3 Å². The van der Waals surface area contributed by atoms with Crippen molar-refractivity contribution in [3.63, 3.8) is 0 Å². The molecule has 1 saturated carbocycles. The molecule has 0 spiro atoms. The lowest BCUT2D eigenvalue weighted by Crippen LogP contribution is -2.35. The second-order valence-corrected chi connectivity index (χ2v) is 4.09. The minimum Gasteiger partial charge on any atom is -0.394 e. The van der Waals surface area contributed by atoms with Gasteiger partial charge in [0.25, 0.3) is 0 Å². The summed E-state index contributed by atoms with van der Waals surface area (Å²) >= 11 is 0. The van der Waals surface area contributed by atoms with Crippen molar-refractivity contribution < 1.29 is 14.9 Å². The molecular formula is C11H22O3. The Balaban J connectivity index is 2.30. The summed E-state index contributed by atoms with van der Waals surface area (Å²) in [6.45, 7) is 1.78. The first kappa shape index (κ1) is 12.0. The van der Waals surface area contributed by atoms with Crippen molar-refractivity contribution in [3.8, 4) is 0 Å². The molecule has 1 rings (SSSR count). The first-order valence-electron chi connectivity index (χ1n) is 5.72. The maximum absolute atomic E-state index is 9.47. The lowest BCUT2D eigenvalue weighted by atomic mass is 9.97. The van der Waals surface area contributed by atoms with E-state index in [9.17, 15) is 5.11 Å². The third kappa shape index (κ3) is 3.56. The molecule has 0 amide bonds. The molecule has 0 aromatic heterocycles. The molecule has 0 aromatic rings. The lowest BCUT2D eigenvalue weighted by molar-refractivity contribution is -0.100. The smallest absolute Gasteiger partial charge is 0.103 e. The summed E-state index contributed by atoms with van der Waals surface area (Å²) in [6, 6.07) is 0. The molecule has 1 aliphatic rings. The average molecular weight is 202 g/mol. The summed E-state index contributed by atoms with van der Waals surface area (Å²) in [7, 11) is 0. The van der Waals surface area contributed by atoms with E-state index in [4.69, 9.17) is 9.84 Å². The number of hydrogen-bond donors (Lipinski definition) is 2. The van der Waals surface area contributed by atoms with Gasteiger partial charge in [-0.3, -0.25) is 0 Å². The van der Waals surface area contributed by atoms with Gasteiger partial charge in [0.05, 0.1) is 18.8 Å². The normalized spacial score (nSPS) is 23.4. The zero-order chi connectivity index (χ0) is 10.4. The third-order valence-corrected chi connectivity index (χ3v) is 2.94. The van der Waals surface area contributed by atoms with Crippen molar-refractivity contribution in [2.24, 2.45) is 0 Å². The van der Waals surface area contributed by atoms with Crippen LogP contribution in [0, 0.1) is 0 Å². The highest BCUT2D eigenvalue weighted by Crippen LogP contribution is 2.22. The van der Waals surface area contributed by atoms with Gasteiger partial charge in [-0.2, -0.15) is 0 Å². The van der Waals surface area contributed by atoms with Crippen LogP contribution in [-0.2, 0) is 4.74 Å². The topological polar surface area (TPSA) is 49.7 Å². The molecule has 0 radical (unpaired) electrons. The predicted octanol–water partition coefficient (Wildman–Crippen LogP) is 1.47. The number of aliphatic hydroxyl groups excluding tert-OH is 2. The quantitative estimate of drug-likeness (QED) is 0.709. The van der Waals surface area contributed by atoms with Crippen molar-refractivity contribution in [2.75, 3.05) is 6.61 Å². The fraction of sp³-hybridized carbons (Fsp3) is 1.00. The Morgan fingerprint density at radius 1 is 1.29 bits per heavy atom. The molecule has 1 aliphatic carbocycles. The van der Waals surface area contributed by atoms with Gasteiger partial charge in [-0.1, -0.05) is 26.2 Å². The Hall–Kier alpha value is -0.120. The Morgan fingerprint density at radius 2 is 1.93 bits per heavy atom. The molecule has 3 nitrogen and oxygen atoms in total. The Labute approximate surface area is 86.1 Å². The molecule has 0 aromatic carbocycles. The maximum atomic E-state index is 9.47. The molecule has 84 valence electrons. The van der Waals surface area contributed by atoms with Crippen LogP contribution in [0.1, 0.15) is 45.4 Å². The number of rotatable bonds is 5. The second-order valence-electron chi connectivity index (χ2n) is 4.09. The largest absolute Gasteiger partial charge is 0.394 e. The SMILES string of the molecule is CCC(OC1CCCCC1)C(O)CO. The van der Waals surface area contributed by atoms with Crippen molar-refractivity contribution in [1.29, 1.82) is 0 Å². The summed E-state index contributed by atoms with van der Waals surface area (Å²) in [5.41, 5.74) is 0. The van der Waals surface area contributed by atoms with Gasteiger partial charge in [-0.25, -0.2) is 0 Å². The summed E-state index contributed by atoms with van der Waals surface area (Å²) in [6.07, 6.45) is 6.13. The number of aliphatic hydroxyl groups is 2. The molecule has 0 bridgehead atoms. The Morgan fingerprint density at radius 3 is 2.43 bits per heavy atom. The lowest BCUT2D eigenvalue weighted by Gasteiger charge is -2.29. The second kappa shape index (κ2) is 6.38. The van der Waals surface area contributed by atoms with Gasteiger partial charge in [0.1, 0.15) is 6.10 Å². The maximum Gasteiger partial charge on any atom is 0.103 e. The fourth-order valence-corrected chi connectivity index (χ4v) is 2.02. The zero-order valence-corrected chi connectivity index (χ0v) is 8.98. The molecular weight excluding hydrogens is 180 g/mol. The zero-order valence-electron chi connectivity index (χ0n) is 8.98. The van der Waals surface area contributed by atoms with E-state index in [1.54, 1.807) is 0 Å². The van der Waals surface area contributed by atoms with Crippen LogP contribution in [0.5, 0.6) is 0 Å². The van der Waals surface area contributed by atoms with Gasteiger partial charge < -0.3 is 14.9 Å². The molecule has 3 heteroatoms. The van der Waals surface area contributed by atoms with Crippen LogP contribution in [0.2, 0.25) is 0 Å². The third-order valence-electron chi connectivity index (χ3n) is 2.94. The molecule has 14 heavy (non-hydrogen) atoms. The van der Waals surface area contributed by atoms with E-state index in [0.717, 1.165) is 19.3 Å². The molecule has 0 heterocycles. The van der Waals surface area contributed by atoms with Crippen molar-refractivity contribution in [1.82, 2.24) is 0 Å². The minimum absolute atomic E-state index is 0.192. The summed E-state index contributed by atoms with van der Waals surface area (Å²) in [5.74, 6) is 0. The van der Waals surface area contributed by atoms with E-state index < -0.39 is 6.10 Å². The van der Waals surface area contributed by atoms with Gasteiger partial charge >= 0.3 is 0 Å². The van der Waals surface area contributed by atoms with Gasteiger partial charge in [0.2, 0.25) is 0 Å². The van der Waals surface area contributed by atoms with Crippen LogP contribution >= 0.6 is 0 Å². The van der Waals surface area contributed by atoms with Gasteiger partial charge in [0.15, 0.2) is 0 Å². The molecule has 2 atom stereocenters. The monoisotopic (exact) mass is 202 g/mol. The van der Waals surface area contributed by atoms with E-state index in [1.807, 2.05) is 6.92 Å². The van der Waals surface area contributed by atoms with Crippen LogP contribution in [0.3, 0.4) is 0 Å². The minimum atomic E-state index is -0.720. The van der Waals surface area contributed by atoms with Crippen molar-refractivity contribution >= 4 is 0 Å². The van der Waals surface area contributed by atoms with Gasteiger partial charge in [0, 0.05) is 0 Å². The van der Waals surface area contributed by atoms with Crippen molar-refractivity contribution in [2.45, 2.75) is 63.8 Å². The number of ether oxygens (including phenoxy) is 1. The standard InChI is InChI=1S/C11H22O3/c1-2-11(10(13)8-12)14-9-6-4-3-5-7-9/h9-13H,2-8H2,1H3. The molecule has 2 N–H and O–H groups in total. The molecule has 0 saturated heterocycles. The van der Waals surface area contributed by atoms with Crippen LogP contribution in [0.25, 0.3) is 0 Å². The van der Waals surface area contributed by atoms with E-state index in [2.05, 4.69) is 0 Å². The summed E-state index contributed by atoms with van der Waals surface area (Å²) in [4.78, 5) is 0. The van der Waals surface area contributed by atoms with Crippen LogP contribution in [-0.4, -0.2) is 35.1 Å². The first-order chi connectivity index (χ1) is 6.77. The number of hydrogen-bond acceptors (Lipinski definition) is 3. The highest BCUT2D eigenvalue weighted by molar-refractivity contribution is 4.72. The Kier molecular flexibility index (Phi) is 5.45. The highest BCUT2D eigenvalue weighted by Gasteiger charge is 2.22.